The third kappa shape index (κ3) is 4.65. The number of aromatic nitrogens is 2. The summed E-state index contributed by atoms with van der Waals surface area (Å²) >= 11 is 0. The molecule has 0 aliphatic carbocycles. The van der Waals surface area contributed by atoms with Crippen LogP contribution in [0.5, 0.6) is 0 Å². The van der Waals surface area contributed by atoms with Crippen LogP contribution in [-0.4, -0.2) is 46.8 Å². The van der Waals surface area contributed by atoms with Crippen molar-refractivity contribution in [3.63, 3.8) is 0 Å². The number of nitrogens with one attached hydrogen (secondary N) is 1. The highest BCUT2D eigenvalue weighted by atomic mass is 16.2. The Kier molecular flexibility index (Phi) is 5.98. The Morgan fingerprint density at radius 3 is 2.79 bits per heavy atom. The number of amides is 1. The lowest BCUT2D eigenvalue weighted by molar-refractivity contribution is -0.122. The predicted octanol–water partition coefficient (Wildman–Crippen LogP) is 0.266. The number of rotatable bonds is 7. The average Bonchev–Trinajstić information content (AvgIpc) is 2.72. The Morgan fingerprint density at radius 2 is 2.32 bits per heavy atom. The van der Waals surface area contributed by atoms with E-state index in [0.29, 0.717) is 13.1 Å². The van der Waals surface area contributed by atoms with Crippen molar-refractivity contribution in [3.8, 4) is 0 Å². The fourth-order valence-corrected chi connectivity index (χ4v) is 2.20. The molecule has 6 nitrogen and oxygen atoms in total. The van der Waals surface area contributed by atoms with E-state index >= 15 is 0 Å². The van der Waals surface area contributed by atoms with Gasteiger partial charge in [0.1, 0.15) is 0 Å². The first kappa shape index (κ1) is 15.7. The molecule has 0 fully saturated rings. The summed E-state index contributed by atoms with van der Waals surface area (Å²) in [7, 11) is 3.78. The van der Waals surface area contributed by atoms with Gasteiger partial charge in [0.15, 0.2) is 0 Å². The Labute approximate surface area is 114 Å². The van der Waals surface area contributed by atoms with Crippen LogP contribution < -0.4 is 11.1 Å². The molecule has 2 atom stereocenters. The van der Waals surface area contributed by atoms with Crippen molar-refractivity contribution in [2.24, 2.45) is 12.8 Å². The minimum absolute atomic E-state index is 0.0129. The second kappa shape index (κ2) is 7.25. The first-order valence-electron chi connectivity index (χ1n) is 6.66. The molecule has 0 saturated heterocycles. The van der Waals surface area contributed by atoms with Crippen molar-refractivity contribution in [1.29, 1.82) is 0 Å². The molecule has 0 spiro atoms. The number of likely N-dealkylation sites (N-methyl/N-ethyl adjacent to an activating group) is 1. The zero-order valence-electron chi connectivity index (χ0n) is 12.3. The van der Waals surface area contributed by atoms with Crippen molar-refractivity contribution in [2.45, 2.75) is 32.4 Å². The summed E-state index contributed by atoms with van der Waals surface area (Å²) in [5.74, 6) is 0.0268. The first-order chi connectivity index (χ1) is 8.95. The Balaban J connectivity index is 2.69. The molecular weight excluding hydrogens is 242 g/mol. The summed E-state index contributed by atoms with van der Waals surface area (Å²) in [5.41, 5.74) is 7.08. The highest BCUT2D eigenvalue weighted by Crippen LogP contribution is 2.21. The molecule has 0 aliphatic heterocycles. The molecule has 1 aromatic heterocycles. The van der Waals surface area contributed by atoms with Crippen LogP contribution >= 0.6 is 0 Å². The highest BCUT2D eigenvalue weighted by molar-refractivity contribution is 5.78. The van der Waals surface area contributed by atoms with Gasteiger partial charge in [0.25, 0.3) is 0 Å². The van der Waals surface area contributed by atoms with Crippen molar-refractivity contribution in [2.75, 3.05) is 20.1 Å². The second-order valence-electron chi connectivity index (χ2n) is 5.02. The van der Waals surface area contributed by atoms with E-state index in [9.17, 15) is 4.79 Å². The molecule has 6 heteroatoms. The summed E-state index contributed by atoms with van der Waals surface area (Å²) in [6.07, 6.45) is 4.68. The highest BCUT2D eigenvalue weighted by Gasteiger charge is 2.23. The Bertz CT molecular complexity index is 401. The van der Waals surface area contributed by atoms with Gasteiger partial charge < -0.3 is 11.1 Å². The molecule has 1 amide bonds. The molecule has 1 aromatic rings. The smallest absolute Gasteiger partial charge is 0.234 e. The van der Waals surface area contributed by atoms with Gasteiger partial charge in [-0.1, -0.05) is 6.92 Å². The van der Waals surface area contributed by atoms with Crippen LogP contribution in [0.3, 0.4) is 0 Å². The zero-order chi connectivity index (χ0) is 14.4. The van der Waals surface area contributed by atoms with Gasteiger partial charge in [0, 0.05) is 31.4 Å². The molecule has 1 heterocycles. The largest absolute Gasteiger partial charge is 0.355 e. The number of nitrogens with two attached hydrogens (primary N) is 1. The van der Waals surface area contributed by atoms with E-state index in [-0.39, 0.29) is 18.0 Å². The number of carbonyl (C=O) groups excluding carboxylic acids is 1. The zero-order valence-corrected chi connectivity index (χ0v) is 12.3. The Morgan fingerprint density at radius 1 is 1.63 bits per heavy atom. The second-order valence-corrected chi connectivity index (χ2v) is 5.02. The normalized spacial score (nSPS) is 14.4. The number of carbonyl (C=O) groups is 1. The quantitative estimate of drug-likeness (QED) is 0.743. The minimum atomic E-state index is -0.0758. The maximum atomic E-state index is 11.8. The molecule has 0 bridgehead atoms. The summed E-state index contributed by atoms with van der Waals surface area (Å²) in [4.78, 5) is 13.7. The van der Waals surface area contributed by atoms with Crippen LogP contribution in [0.15, 0.2) is 12.4 Å². The van der Waals surface area contributed by atoms with Crippen molar-refractivity contribution in [3.05, 3.63) is 18.0 Å². The first-order valence-corrected chi connectivity index (χ1v) is 6.66. The molecule has 3 N–H and O–H groups in total. The van der Waals surface area contributed by atoms with Gasteiger partial charge in [-0.15, -0.1) is 0 Å². The van der Waals surface area contributed by atoms with E-state index in [0.717, 1.165) is 12.0 Å². The molecule has 19 heavy (non-hydrogen) atoms. The molecule has 0 saturated carbocycles. The molecule has 0 aromatic carbocycles. The summed E-state index contributed by atoms with van der Waals surface area (Å²) < 4.78 is 1.75. The van der Waals surface area contributed by atoms with Crippen LogP contribution in [0.25, 0.3) is 0 Å². The van der Waals surface area contributed by atoms with Crippen LogP contribution in [0.1, 0.15) is 31.9 Å². The summed E-state index contributed by atoms with van der Waals surface area (Å²) in [6, 6.07) is -0.0887. The van der Waals surface area contributed by atoms with Crippen molar-refractivity contribution in [1.82, 2.24) is 20.0 Å². The van der Waals surface area contributed by atoms with Gasteiger partial charge in [-0.05, 0) is 20.4 Å². The number of aryl methyl sites for hydroxylation is 1. The third-order valence-corrected chi connectivity index (χ3v) is 3.00. The maximum absolute atomic E-state index is 11.8. The molecule has 108 valence electrons. The lowest BCUT2D eigenvalue weighted by atomic mass is 10.0. The predicted molar refractivity (Wildman–Crippen MR) is 75.5 cm³/mol. The SMILES string of the molecule is CCCNC(=O)CN(C)C(c1cnn(C)c1)C(C)N. The number of nitrogens with zero attached hydrogens (tertiary/aromatic N) is 3. The van der Waals surface area contributed by atoms with E-state index in [1.54, 1.807) is 10.9 Å². The van der Waals surface area contributed by atoms with E-state index in [1.165, 1.54) is 0 Å². The summed E-state index contributed by atoms with van der Waals surface area (Å²) in [5, 5.41) is 7.04. The topological polar surface area (TPSA) is 76.2 Å². The van der Waals surface area contributed by atoms with E-state index < -0.39 is 0 Å². The van der Waals surface area contributed by atoms with Crippen LogP contribution in [0, 0.1) is 0 Å². The lowest BCUT2D eigenvalue weighted by Gasteiger charge is -2.29. The molecule has 2 unspecified atom stereocenters. The van der Waals surface area contributed by atoms with Gasteiger partial charge >= 0.3 is 0 Å². The fraction of sp³-hybridized carbons (Fsp3) is 0.692. The average molecular weight is 267 g/mol. The Hall–Kier alpha value is -1.40. The van der Waals surface area contributed by atoms with E-state index in [4.69, 9.17) is 5.73 Å². The van der Waals surface area contributed by atoms with Gasteiger partial charge in [-0.3, -0.25) is 14.4 Å². The van der Waals surface area contributed by atoms with Crippen LogP contribution in [-0.2, 0) is 11.8 Å². The van der Waals surface area contributed by atoms with Gasteiger partial charge in [0.2, 0.25) is 5.91 Å². The fourth-order valence-electron chi connectivity index (χ4n) is 2.20. The lowest BCUT2D eigenvalue weighted by Crippen LogP contribution is -2.42. The van der Waals surface area contributed by atoms with E-state index in [1.807, 2.05) is 39.0 Å². The van der Waals surface area contributed by atoms with Crippen molar-refractivity contribution >= 4 is 5.91 Å². The van der Waals surface area contributed by atoms with Gasteiger partial charge in [-0.2, -0.15) is 5.10 Å². The van der Waals surface area contributed by atoms with Crippen LogP contribution in [0.4, 0.5) is 0 Å². The molecular formula is C13H25N5O. The third-order valence-electron chi connectivity index (χ3n) is 3.00. The van der Waals surface area contributed by atoms with Gasteiger partial charge in [-0.25, -0.2) is 0 Å². The molecule has 0 radical (unpaired) electrons. The maximum Gasteiger partial charge on any atom is 0.234 e. The molecule has 1 rings (SSSR count). The standard InChI is InChI=1S/C13H25N5O/c1-5-6-15-12(19)9-17(3)13(10(2)14)11-7-16-18(4)8-11/h7-8,10,13H,5-6,9,14H2,1-4H3,(H,15,19). The number of hydrogen-bond acceptors (Lipinski definition) is 4. The van der Waals surface area contributed by atoms with Gasteiger partial charge in [0.05, 0.1) is 18.8 Å². The number of hydrogen-bond donors (Lipinski definition) is 2. The van der Waals surface area contributed by atoms with Crippen molar-refractivity contribution < 1.29 is 4.79 Å². The molecule has 0 aliphatic rings. The van der Waals surface area contributed by atoms with Crippen LogP contribution in [0.2, 0.25) is 0 Å². The monoisotopic (exact) mass is 267 g/mol. The van der Waals surface area contributed by atoms with E-state index in [2.05, 4.69) is 10.4 Å². The summed E-state index contributed by atoms with van der Waals surface area (Å²) in [6.45, 7) is 5.02. The minimum Gasteiger partial charge on any atom is -0.355 e.